The Balaban J connectivity index is 2.39. The number of nitrogens with two attached hydrogens (primary N) is 1. The summed E-state index contributed by atoms with van der Waals surface area (Å²) in [5, 5.41) is 0. The Bertz CT molecular complexity index is 316. The first-order valence-electron chi connectivity index (χ1n) is 3.93. The maximum atomic E-state index is 12.8. The van der Waals surface area contributed by atoms with E-state index in [2.05, 4.69) is 0 Å². The van der Waals surface area contributed by atoms with Gasteiger partial charge in [0.05, 0.1) is 18.8 Å². The smallest absolute Gasteiger partial charge is 0.126 e. The Labute approximate surface area is 74.3 Å². The molecule has 1 aromatic rings. The zero-order valence-electron chi connectivity index (χ0n) is 6.89. The molecule has 13 heavy (non-hydrogen) atoms. The van der Waals surface area contributed by atoms with Gasteiger partial charge in [-0.1, -0.05) is 0 Å². The lowest BCUT2D eigenvalue weighted by Gasteiger charge is -2.38. The molecule has 0 saturated carbocycles. The number of ether oxygens (including phenoxy) is 1. The minimum absolute atomic E-state index is 0.315. The molecule has 1 aliphatic rings. The van der Waals surface area contributed by atoms with Gasteiger partial charge in [0.15, 0.2) is 0 Å². The maximum absolute atomic E-state index is 12.8. The summed E-state index contributed by atoms with van der Waals surface area (Å²) in [5.41, 5.74) is 5.55. The average Bonchev–Trinajstić information content (AvgIpc) is 1.98. The standard InChI is InChI=1S/C9H9F2NO/c10-7-1-6(2-8(11)3-7)9(12)4-13-5-9/h1-3H,4-5,12H2. The van der Waals surface area contributed by atoms with Crippen LogP contribution in [0, 0.1) is 11.6 Å². The molecule has 2 N–H and O–H groups in total. The second kappa shape index (κ2) is 2.75. The third-order valence-electron chi connectivity index (χ3n) is 2.16. The van der Waals surface area contributed by atoms with Crippen molar-refractivity contribution in [3.63, 3.8) is 0 Å². The van der Waals surface area contributed by atoms with E-state index < -0.39 is 17.2 Å². The van der Waals surface area contributed by atoms with Crippen molar-refractivity contribution in [2.24, 2.45) is 5.73 Å². The predicted octanol–water partition coefficient (Wildman–Crippen LogP) is 1.15. The Hall–Kier alpha value is -1.00. The van der Waals surface area contributed by atoms with Gasteiger partial charge in [-0.25, -0.2) is 8.78 Å². The van der Waals surface area contributed by atoms with Crippen molar-refractivity contribution in [3.05, 3.63) is 35.4 Å². The lowest BCUT2D eigenvalue weighted by atomic mass is 9.89. The van der Waals surface area contributed by atoms with Crippen molar-refractivity contribution in [1.29, 1.82) is 0 Å². The van der Waals surface area contributed by atoms with E-state index in [0.29, 0.717) is 18.8 Å². The molecule has 0 aromatic heterocycles. The van der Waals surface area contributed by atoms with Gasteiger partial charge in [0.2, 0.25) is 0 Å². The van der Waals surface area contributed by atoms with Gasteiger partial charge in [0.25, 0.3) is 0 Å². The SMILES string of the molecule is NC1(c2cc(F)cc(F)c2)COC1. The number of hydrogen-bond donors (Lipinski definition) is 1. The zero-order chi connectivity index (χ0) is 9.47. The first-order chi connectivity index (χ1) is 6.10. The normalized spacial score (nSPS) is 19.6. The molecule has 1 fully saturated rings. The molecular weight excluding hydrogens is 176 g/mol. The summed E-state index contributed by atoms with van der Waals surface area (Å²) in [4.78, 5) is 0. The van der Waals surface area contributed by atoms with E-state index in [1.807, 2.05) is 0 Å². The molecule has 70 valence electrons. The van der Waals surface area contributed by atoms with Crippen LogP contribution in [0.2, 0.25) is 0 Å². The largest absolute Gasteiger partial charge is 0.377 e. The summed E-state index contributed by atoms with van der Waals surface area (Å²) in [7, 11) is 0. The van der Waals surface area contributed by atoms with Gasteiger partial charge >= 0.3 is 0 Å². The van der Waals surface area contributed by atoms with E-state index in [4.69, 9.17) is 10.5 Å². The van der Waals surface area contributed by atoms with Crippen molar-refractivity contribution >= 4 is 0 Å². The number of hydrogen-bond acceptors (Lipinski definition) is 2. The van der Waals surface area contributed by atoms with Crippen LogP contribution in [0.25, 0.3) is 0 Å². The fourth-order valence-electron chi connectivity index (χ4n) is 1.33. The summed E-state index contributed by atoms with van der Waals surface area (Å²) in [6.45, 7) is 0.631. The van der Waals surface area contributed by atoms with Crippen molar-refractivity contribution in [2.75, 3.05) is 13.2 Å². The van der Waals surface area contributed by atoms with Gasteiger partial charge in [0, 0.05) is 6.07 Å². The molecule has 0 amide bonds. The predicted molar refractivity (Wildman–Crippen MR) is 43.0 cm³/mol. The molecule has 4 heteroatoms. The Morgan fingerprint density at radius 3 is 2.08 bits per heavy atom. The number of rotatable bonds is 1. The van der Waals surface area contributed by atoms with Crippen molar-refractivity contribution in [2.45, 2.75) is 5.54 Å². The second-order valence-corrected chi connectivity index (χ2v) is 3.31. The first kappa shape index (κ1) is 8.59. The lowest BCUT2D eigenvalue weighted by molar-refractivity contribution is -0.0571. The summed E-state index contributed by atoms with van der Waals surface area (Å²) in [6.07, 6.45) is 0. The van der Waals surface area contributed by atoms with E-state index in [-0.39, 0.29) is 0 Å². The number of halogens is 2. The molecule has 1 saturated heterocycles. The van der Waals surface area contributed by atoms with E-state index in [9.17, 15) is 8.78 Å². The Kier molecular flexibility index (Phi) is 1.82. The van der Waals surface area contributed by atoms with Crippen LogP contribution in [0.5, 0.6) is 0 Å². The molecule has 2 rings (SSSR count). The van der Waals surface area contributed by atoms with Crippen molar-refractivity contribution in [1.82, 2.24) is 0 Å². The molecule has 1 aromatic carbocycles. The fourth-order valence-corrected chi connectivity index (χ4v) is 1.33. The molecule has 0 radical (unpaired) electrons. The second-order valence-electron chi connectivity index (χ2n) is 3.31. The molecule has 0 aliphatic carbocycles. The first-order valence-corrected chi connectivity index (χ1v) is 3.93. The third-order valence-corrected chi connectivity index (χ3v) is 2.16. The van der Waals surface area contributed by atoms with Gasteiger partial charge < -0.3 is 10.5 Å². The van der Waals surface area contributed by atoms with Crippen LogP contribution in [-0.4, -0.2) is 13.2 Å². The van der Waals surface area contributed by atoms with E-state index >= 15 is 0 Å². The zero-order valence-corrected chi connectivity index (χ0v) is 6.89. The topological polar surface area (TPSA) is 35.2 Å². The lowest BCUT2D eigenvalue weighted by Crippen LogP contribution is -2.54. The minimum atomic E-state index is -0.705. The molecule has 0 unspecified atom stereocenters. The molecule has 1 aliphatic heterocycles. The molecule has 0 spiro atoms. The van der Waals surface area contributed by atoms with Crippen LogP contribution >= 0.6 is 0 Å². The van der Waals surface area contributed by atoms with E-state index in [1.165, 1.54) is 12.1 Å². The van der Waals surface area contributed by atoms with Crippen LogP contribution in [-0.2, 0) is 10.3 Å². The van der Waals surface area contributed by atoms with E-state index in [1.54, 1.807) is 0 Å². The summed E-state index contributed by atoms with van der Waals surface area (Å²) in [5.74, 6) is -1.21. The highest BCUT2D eigenvalue weighted by Gasteiger charge is 2.36. The summed E-state index contributed by atoms with van der Waals surface area (Å²) < 4.78 is 30.5. The minimum Gasteiger partial charge on any atom is -0.377 e. The van der Waals surface area contributed by atoms with Crippen LogP contribution in [0.4, 0.5) is 8.78 Å². The summed E-state index contributed by atoms with van der Waals surface area (Å²) in [6, 6.07) is 3.31. The average molecular weight is 185 g/mol. The molecule has 1 heterocycles. The quantitative estimate of drug-likeness (QED) is 0.712. The van der Waals surface area contributed by atoms with Crippen LogP contribution in [0.15, 0.2) is 18.2 Å². The molecule has 0 atom stereocenters. The van der Waals surface area contributed by atoms with Crippen LogP contribution < -0.4 is 5.73 Å². The molecular formula is C9H9F2NO. The third kappa shape index (κ3) is 1.43. The van der Waals surface area contributed by atoms with Gasteiger partial charge in [-0.15, -0.1) is 0 Å². The van der Waals surface area contributed by atoms with Gasteiger partial charge in [-0.05, 0) is 17.7 Å². The highest BCUT2D eigenvalue weighted by atomic mass is 19.1. The van der Waals surface area contributed by atoms with Gasteiger partial charge in [-0.3, -0.25) is 0 Å². The van der Waals surface area contributed by atoms with Gasteiger partial charge in [0.1, 0.15) is 11.6 Å². The monoisotopic (exact) mass is 185 g/mol. The Morgan fingerprint density at radius 2 is 1.69 bits per heavy atom. The van der Waals surface area contributed by atoms with Crippen LogP contribution in [0.3, 0.4) is 0 Å². The molecule has 0 bridgehead atoms. The van der Waals surface area contributed by atoms with Crippen molar-refractivity contribution in [3.8, 4) is 0 Å². The maximum Gasteiger partial charge on any atom is 0.126 e. The number of benzene rings is 1. The summed E-state index contributed by atoms with van der Waals surface area (Å²) >= 11 is 0. The highest BCUT2D eigenvalue weighted by molar-refractivity contribution is 5.27. The molecule has 2 nitrogen and oxygen atoms in total. The van der Waals surface area contributed by atoms with Crippen molar-refractivity contribution < 1.29 is 13.5 Å². The van der Waals surface area contributed by atoms with E-state index in [0.717, 1.165) is 6.07 Å². The van der Waals surface area contributed by atoms with Gasteiger partial charge in [-0.2, -0.15) is 0 Å². The fraction of sp³-hybridized carbons (Fsp3) is 0.333. The highest BCUT2D eigenvalue weighted by Crippen LogP contribution is 2.27. The van der Waals surface area contributed by atoms with Crippen LogP contribution in [0.1, 0.15) is 5.56 Å². The Morgan fingerprint density at radius 1 is 1.15 bits per heavy atom.